The number of hydrogen-bond acceptors (Lipinski definition) is 9. The van der Waals surface area contributed by atoms with E-state index in [1.54, 1.807) is 21.3 Å². The summed E-state index contributed by atoms with van der Waals surface area (Å²) in [4.78, 5) is 36.4. The molecule has 1 fully saturated rings. The highest BCUT2D eigenvalue weighted by Crippen LogP contribution is 2.58. The number of fused-ring (bicyclic) bond motifs is 3. The van der Waals surface area contributed by atoms with Gasteiger partial charge in [-0.25, -0.2) is 0 Å². The van der Waals surface area contributed by atoms with Crippen molar-refractivity contribution in [3.8, 4) is 90.1 Å². The zero-order valence-electron chi connectivity index (χ0n) is 71.3. The summed E-state index contributed by atoms with van der Waals surface area (Å²) in [7, 11) is 5.20. The predicted octanol–water partition coefficient (Wildman–Crippen LogP) is 26.5. The molecule has 0 saturated heterocycles. The Balaban J connectivity index is 0.000000165. The molecule has 2 aliphatic carbocycles. The topological polar surface area (TPSA) is 107 Å². The molecular weight excluding hydrogens is 1480 g/mol. The summed E-state index contributed by atoms with van der Waals surface area (Å²) in [6.45, 7) is 36.9. The Kier molecular flexibility index (Phi) is 28.0. The van der Waals surface area contributed by atoms with Crippen LogP contribution in [0.2, 0.25) is 0 Å². The minimum absolute atomic E-state index is 0.210. The monoisotopic (exact) mass is 1590 g/mol. The van der Waals surface area contributed by atoms with Crippen molar-refractivity contribution in [3.05, 3.63) is 408 Å². The number of ether oxygens (including phenoxy) is 6. The number of carbonyl (C=O) groups excluding carboxylic acids is 3. The summed E-state index contributed by atoms with van der Waals surface area (Å²) < 4.78 is 35.2. The molecule has 0 bridgehead atoms. The normalized spacial score (nSPS) is 12.7. The summed E-state index contributed by atoms with van der Waals surface area (Å²) in [5, 5.41) is 0. The van der Waals surface area contributed by atoms with Gasteiger partial charge in [0.05, 0.1) is 26.7 Å². The van der Waals surface area contributed by atoms with Crippen molar-refractivity contribution in [2.45, 2.75) is 135 Å². The number of carbonyl (C=O) groups is 3. The molecule has 608 valence electrons. The van der Waals surface area contributed by atoms with Crippen LogP contribution in [0.15, 0.2) is 319 Å². The van der Waals surface area contributed by atoms with Crippen molar-refractivity contribution in [2.24, 2.45) is 0 Å². The van der Waals surface area contributed by atoms with Gasteiger partial charge in [-0.2, -0.15) is 0 Å². The van der Waals surface area contributed by atoms with Crippen molar-refractivity contribution < 1.29 is 42.8 Å². The van der Waals surface area contributed by atoms with Gasteiger partial charge in [0.15, 0.2) is 0 Å². The van der Waals surface area contributed by atoms with Gasteiger partial charge in [0, 0.05) is 53.9 Å². The lowest BCUT2D eigenvalue weighted by Crippen LogP contribution is -2.31. The highest BCUT2D eigenvalue weighted by molar-refractivity contribution is 5.88. The van der Waals surface area contributed by atoms with Crippen LogP contribution in [0.3, 0.4) is 0 Å². The molecule has 0 N–H and O–H groups in total. The van der Waals surface area contributed by atoms with Gasteiger partial charge in [-0.15, -0.1) is 39.5 Å². The van der Waals surface area contributed by atoms with Gasteiger partial charge in [0.25, 0.3) is 0 Å². The Morgan fingerprint density at radius 1 is 0.325 bits per heavy atom. The number of hydrogen-bond donors (Lipinski definition) is 0. The maximum Gasteiger partial charge on any atom is 0.308 e. The molecule has 0 radical (unpaired) electrons. The Morgan fingerprint density at radius 2 is 0.608 bits per heavy atom. The lowest BCUT2D eigenvalue weighted by molar-refractivity contribution is -0.132. The van der Waals surface area contributed by atoms with Crippen molar-refractivity contribution in [1.82, 2.24) is 0 Å². The first kappa shape index (κ1) is 86.2. The van der Waals surface area contributed by atoms with E-state index in [9.17, 15) is 14.4 Å². The van der Waals surface area contributed by atoms with Crippen LogP contribution in [0, 0.1) is 13.8 Å². The fourth-order valence-corrected chi connectivity index (χ4v) is 18.0. The van der Waals surface area contributed by atoms with E-state index in [4.69, 9.17) is 28.4 Å². The Morgan fingerprint density at radius 3 is 0.975 bits per heavy atom. The van der Waals surface area contributed by atoms with Crippen molar-refractivity contribution in [2.75, 3.05) is 21.3 Å². The third-order valence-electron chi connectivity index (χ3n) is 23.3. The van der Waals surface area contributed by atoms with Crippen LogP contribution < -0.4 is 28.4 Å². The van der Waals surface area contributed by atoms with Crippen molar-refractivity contribution in [3.63, 3.8) is 0 Å². The minimum atomic E-state index is -0.588. The molecule has 0 atom stereocenters. The third kappa shape index (κ3) is 18.0. The first-order valence-corrected chi connectivity index (χ1v) is 41.4. The van der Waals surface area contributed by atoms with E-state index < -0.39 is 5.41 Å². The zero-order valence-corrected chi connectivity index (χ0v) is 71.3. The second-order valence-electron chi connectivity index (χ2n) is 31.5. The van der Waals surface area contributed by atoms with Crippen LogP contribution in [0.5, 0.6) is 34.5 Å². The first-order valence-electron chi connectivity index (χ1n) is 41.4. The average molecular weight is 1590 g/mol. The summed E-state index contributed by atoms with van der Waals surface area (Å²) in [5.41, 5.74) is 27.2. The van der Waals surface area contributed by atoms with Gasteiger partial charge in [-0.1, -0.05) is 288 Å². The van der Waals surface area contributed by atoms with Gasteiger partial charge < -0.3 is 28.4 Å². The highest BCUT2D eigenvalue weighted by Gasteiger charge is 2.47. The van der Waals surface area contributed by atoms with E-state index in [0.717, 1.165) is 155 Å². The summed E-state index contributed by atoms with van der Waals surface area (Å²) >= 11 is 0. The summed E-state index contributed by atoms with van der Waals surface area (Å²) in [5.74, 6) is 3.47. The number of rotatable bonds is 28. The quantitative estimate of drug-likeness (QED) is 0.0269. The maximum atomic E-state index is 12.3. The molecule has 0 amide bonds. The molecule has 0 unspecified atom stereocenters. The lowest BCUT2D eigenvalue weighted by atomic mass is 9.64. The highest BCUT2D eigenvalue weighted by atomic mass is 16.5. The number of esters is 3. The van der Waals surface area contributed by atoms with Crippen molar-refractivity contribution in [1.29, 1.82) is 0 Å². The maximum absolute atomic E-state index is 12.3. The Bertz CT molecular complexity index is 5730. The number of methoxy groups -OCH3 is 3. The average Bonchev–Trinajstić information content (AvgIpc) is 1.52. The van der Waals surface area contributed by atoms with Gasteiger partial charge >= 0.3 is 17.9 Å². The SMILES string of the molecule is C=CCc1cc(C(C)(C)c2cc(CC=C)c(OC(C)=O)c(-c3ccccc3)c2)cc(-c2ccccc2)c1OC.C=CCc1cc(C2(c3cc(C)c(OC(C)=O)c(CC=C)c3)c3ccccc3-c3ccccc32)cc(C)c1OC.C=CCc1cc(C2(c3cc(CC=C)c(OC(C)=O)c(-c4ccccc4)c3)CCCCC2)cc(-c2ccccc2)c1OC. The summed E-state index contributed by atoms with van der Waals surface area (Å²) in [6, 6.07) is 85.3. The van der Waals surface area contributed by atoms with Gasteiger partial charge in [0.2, 0.25) is 0 Å². The molecule has 1 saturated carbocycles. The molecule has 9 nitrogen and oxygen atoms in total. The summed E-state index contributed by atoms with van der Waals surface area (Å²) in [6.07, 6.45) is 20.8. The van der Waals surface area contributed by atoms with E-state index in [0.29, 0.717) is 49.4 Å². The van der Waals surface area contributed by atoms with E-state index in [1.807, 2.05) is 116 Å². The molecule has 2 aliphatic rings. The fourth-order valence-electron chi connectivity index (χ4n) is 18.0. The Labute approximate surface area is 710 Å². The van der Waals surface area contributed by atoms with E-state index in [2.05, 4.69) is 230 Å². The molecule has 12 aromatic rings. The Hall–Kier alpha value is -13.1. The van der Waals surface area contributed by atoms with E-state index in [-0.39, 0.29) is 28.7 Å². The standard InChI is InChI=1S/C39H40O3.C36H34O3.C36H36O3/c1-5-16-31-24-33(26-35(37(31)41-4)29-18-10-7-11-19-29)39(22-14-9-15-23-39)34-25-32(17-6-2)38(42-28(3)40)36(27-34)30-20-12-8-13-21-30;1-7-13-26-21-28(19-23(3)34(26)38-6)36(29-20-24(4)35(39-25(5)37)27(22-29)14-8-2)32-17-11-9-15-30(32)31-16-10-12-18-33(31)36;1-7-15-28-21-30(23-32(34(28)38-6)26-17-11-9-12-18-26)36(4,5)31-22-29(16-8-2)35(39-25(3)37)33(24-31)27-19-13-10-14-20-27/h5-8,10-13,18-21,24-27H,1-2,9,14-17,22-23H2,3-4H3;7-12,15-22H,1-2,13-14H2,3-6H3;7-14,17-24H,1-2,15-16H2,3-6H3. The van der Waals surface area contributed by atoms with Crippen molar-refractivity contribution >= 4 is 17.9 Å². The van der Waals surface area contributed by atoms with Crippen LogP contribution in [0.25, 0.3) is 55.6 Å². The number of aryl methyl sites for hydroxylation is 2. The number of allylic oxidation sites excluding steroid dienone is 6. The van der Waals surface area contributed by atoms with Crippen LogP contribution >= 0.6 is 0 Å². The first-order chi connectivity index (χ1) is 58.2. The zero-order chi connectivity index (χ0) is 85.3. The van der Waals surface area contributed by atoms with E-state index >= 15 is 0 Å². The van der Waals surface area contributed by atoms with Crippen LogP contribution in [-0.2, 0) is 69.2 Å². The number of benzene rings is 12. The molecule has 14 rings (SSSR count). The minimum Gasteiger partial charge on any atom is -0.496 e. The molecule has 0 aromatic heterocycles. The smallest absolute Gasteiger partial charge is 0.308 e. The molecule has 120 heavy (non-hydrogen) atoms. The molecule has 9 heteroatoms. The largest absolute Gasteiger partial charge is 0.496 e. The van der Waals surface area contributed by atoms with E-state index in [1.165, 1.54) is 66.1 Å². The molecule has 0 spiro atoms. The molecule has 12 aromatic carbocycles. The van der Waals surface area contributed by atoms with Gasteiger partial charge in [-0.3, -0.25) is 14.4 Å². The second-order valence-corrected chi connectivity index (χ2v) is 31.5. The third-order valence-corrected chi connectivity index (χ3v) is 23.3. The lowest BCUT2D eigenvalue weighted by Gasteiger charge is -2.40. The molecule has 0 heterocycles. The van der Waals surface area contributed by atoms with Crippen LogP contribution in [-0.4, -0.2) is 39.2 Å². The molecule has 0 aliphatic heterocycles. The van der Waals surface area contributed by atoms with Crippen LogP contribution in [0.1, 0.15) is 156 Å². The molecular formula is C111H110O9. The van der Waals surface area contributed by atoms with Gasteiger partial charge in [-0.05, 0) is 212 Å². The van der Waals surface area contributed by atoms with Gasteiger partial charge in [0.1, 0.15) is 34.5 Å². The predicted molar refractivity (Wildman–Crippen MR) is 494 cm³/mol. The second kappa shape index (κ2) is 39.0. The fraction of sp³-hybridized carbons (Fsp3) is 0.216. The van der Waals surface area contributed by atoms with Crippen LogP contribution in [0.4, 0.5) is 0 Å².